The molecule has 0 amide bonds. The molecule has 2 aromatic rings. The molecule has 8 heteroatoms. The molecule has 0 aliphatic carbocycles. The second-order valence-electron chi connectivity index (χ2n) is 6.58. The lowest BCUT2D eigenvalue weighted by molar-refractivity contribution is -0.0172. The predicted molar refractivity (Wildman–Crippen MR) is 117 cm³/mol. The van der Waals surface area contributed by atoms with E-state index in [-0.39, 0.29) is 13.2 Å². The fourth-order valence-corrected chi connectivity index (χ4v) is 2.59. The van der Waals surface area contributed by atoms with Gasteiger partial charge in [0.1, 0.15) is 18.5 Å². The Morgan fingerprint density at radius 3 is 2.10 bits per heavy atom. The average Bonchev–Trinajstić information content (AvgIpc) is 2.77. The number of hydrogen-bond acceptors (Lipinski definition) is 7. The van der Waals surface area contributed by atoms with Crippen LogP contribution >= 0.6 is 0 Å². The lowest BCUT2D eigenvalue weighted by Gasteiger charge is -2.18. The Labute approximate surface area is 179 Å². The maximum Gasteiger partial charge on any atom is 0.307 e. The maximum absolute atomic E-state index is 11.1. The van der Waals surface area contributed by atoms with Crippen LogP contribution in [0.25, 0.3) is 0 Å². The molecule has 166 valence electrons. The van der Waals surface area contributed by atoms with Crippen molar-refractivity contribution in [3.63, 3.8) is 0 Å². The fourth-order valence-electron chi connectivity index (χ4n) is 2.18. The van der Waals surface area contributed by atoms with Crippen LogP contribution in [-0.4, -0.2) is 40.3 Å². The summed E-state index contributed by atoms with van der Waals surface area (Å²) in [6.45, 7) is 8.53. The van der Waals surface area contributed by atoms with E-state index in [1.807, 2.05) is 24.3 Å². The zero-order chi connectivity index (χ0) is 22.2. The van der Waals surface area contributed by atoms with Crippen molar-refractivity contribution in [3.8, 4) is 5.75 Å². The minimum Gasteiger partial charge on any atom is -0.491 e. The molecule has 0 aromatic heterocycles. The van der Waals surface area contributed by atoms with Gasteiger partial charge in [-0.25, -0.2) is 0 Å². The summed E-state index contributed by atoms with van der Waals surface area (Å²) in [6.07, 6.45) is 0.990. The molecule has 0 aliphatic rings. The van der Waals surface area contributed by atoms with Crippen molar-refractivity contribution >= 4 is 10.1 Å². The molecule has 1 atom stereocenters. The summed E-state index contributed by atoms with van der Waals surface area (Å²) in [5.41, 5.74) is 1.41. The number of benzene rings is 2. The van der Waals surface area contributed by atoms with Crippen LogP contribution in [0.15, 0.2) is 73.3 Å². The van der Waals surface area contributed by atoms with Gasteiger partial charge in [-0.05, 0) is 23.6 Å². The summed E-state index contributed by atoms with van der Waals surface area (Å²) >= 11 is 0. The van der Waals surface area contributed by atoms with E-state index in [0.29, 0.717) is 18.3 Å². The van der Waals surface area contributed by atoms with E-state index in [1.54, 1.807) is 18.2 Å². The van der Waals surface area contributed by atoms with E-state index in [1.165, 1.54) is 5.56 Å². The monoisotopic (exact) mass is 437 g/mol. The Morgan fingerprint density at radius 1 is 1.00 bits per heavy atom. The van der Waals surface area contributed by atoms with E-state index < -0.39 is 22.2 Å². The first kappa shape index (κ1) is 25.8. The third-order valence-corrected chi connectivity index (χ3v) is 4.50. The number of nitrogens with two attached hydrogens (primary N) is 1. The Kier molecular flexibility index (Phi) is 12.6. The van der Waals surface area contributed by atoms with Crippen LogP contribution in [0.5, 0.6) is 5.75 Å². The standard InChI is InChI=1S/C13H19NO6S.C9H12/c1-2-8-17-9-13(19-11-21(15,16)20-14)10-18-12-6-4-3-5-7-12;1-8(2)9-6-4-3-5-7-9/h2-7,13H,1,8-11,14H2;3-8H,1-2H3. The van der Waals surface area contributed by atoms with E-state index in [9.17, 15) is 8.42 Å². The molecule has 30 heavy (non-hydrogen) atoms. The Bertz CT molecular complexity index is 797. The van der Waals surface area contributed by atoms with Crippen LogP contribution in [0.2, 0.25) is 0 Å². The third-order valence-electron chi connectivity index (χ3n) is 3.78. The van der Waals surface area contributed by atoms with Gasteiger partial charge < -0.3 is 14.2 Å². The van der Waals surface area contributed by atoms with Crippen LogP contribution in [0.1, 0.15) is 25.3 Å². The van der Waals surface area contributed by atoms with Gasteiger partial charge in [-0.2, -0.15) is 18.6 Å². The zero-order valence-electron chi connectivity index (χ0n) is 17.5. The summed E-state index contributed by atoms with van der Waals surface area (Å²) in [5, 5.41) is 0. The van der Waals surface area contributed by atoms with E-state index in [4.69, 9.17) is 14.2 Å². The molecular weight excluding hydrogens is 406 g/mol. The number of ether oxygens (including phenoxy) is 3. The number of para-hydroxylation sites is 1. The topological polar surface area (TPSA) is 97.1 Å². The molecule has 7 nitrogen and oxygen atoms in total. The van der Waals surface area contributed by atoms with E-state index in [0.717, 1.165) is 0 Å². The molecule has 0 radical (unpaired) electrons. The molecule has 0 fully saturated rings. The summed E-state index contributed by atoms with van der Waals surface area (Å²) < 4.78 is 42.0. The second-order valence-corrected chi connectivity index (χ2v) is 8.12. The molecule has 0 bridgehead atoms. The van der Waals surface area contributed by atoms with Gasteiger partial charge in [-0.1, -0.05) is 68.5 Å². The van der Waals surface area contributed by atoms with Crippen LogP contribution in [-0.2, 0) is 23.9 Å². The van der Waals surface area contributed by atoms with Crippen molar-refractivity contribution in [2.24, 2.45) is 5.90 Å². The van der Waals surface area contributed by atoms with Crippen molar-refractivity contribution in [3.05, 3.63) is 78.9 Å². The van der Waals surface area contributed by atoms with Gasteiger partial charge in [0.05, 0.1) is 13.2 Å². The quantitative estimate of drug-likeness (QED) is 0.308. The highest BCUT2D eigenvalue weighted by Gasteiger charge is 2.17. The van der Waals surface area contributed by atoms with Crippen molar-refractivity contribution < 1.29 is 26.9 Å². The van der Waals surface area contributed by atoms with Gasteiger partial charge in [-0.15, -0.1) is 6.58 Å². The van der Waals surface area contributed by atoms with E-state index >= 15 is 0 Å². The van der Waals surface area contributed by atoms with Gasteiger partial charge >= 0.3 is 10.1 Å². The smallest absolute Gasteiger partial charge is 0.307 e. The van der Waals surface area contributed by atoms with Crippen molar-refractivity contribution in [2.75, 3.05) is 25.8 Å². The highest BCUT2D eigenvalue weighted by molar-refractivity contribution is 7.86. The summed E-state index contributed by atoms with van der Waals surface area (Å²) in [4.78, 5) is 0. The summed E-state index contributed by atoms with van der Waals surface area (Å²) in [7, 11) is -3.90. The molecule has 2 aromatic carbocycles. The summed E-state index contributed by atoms with van der Waals surface area (Å²) in [5.74, 6) is 5.26. The summed E-state index contributed by atoms with van der Waals surface area (Å²) in [6, 6.07) is 19.6. The molecule has 2 N–H and O–H groups in total. The van der Waals surface area contributed by atoms with Crippen molar-refractivity contribution in [2.45, 2.75) is 25.9 Å². The highest BCUT2D eigenvalue weighted by atomic mass is 32.2. The van der Waals surface area contributed by atoms with Crippen LogP contribution in [0.4, 0.5) is 0 Å². The molecule has 0 saturated heterocycles. The molecule has 0 spiro atoms. The average molecular weight is 438 g/mol. The molecule has 0 heterocycles. The number of hydrogen-bond donors (Lipinski definition) is 1. The Hall–Kier alpha value is -2.23. The van der Waals surface area contributed by atoms with Gasteiger partial charge in [0.2, 0.25) is 0 Å². The molecule has 1 unspecified atom stereocenters. The molecule has 0 saturated carbocycles. The molecule has 2 rings (SSSR count). The largest absolute Gasteiger partial charge is 0.491 e. The maximum atomic E-state index is 11.1. The van der Waals surface area contributed by atoms with Crippen LogP contribution in [0, 0.1) is 0 Å². The van der Waals surface area contributed by atoms with Crippen molar-refractivity contribution in [1.82, 2.24) is 0 Å². The third kappa shape index (κ3) is 11.7. The van der Waals surface area contributed by atoms with Gasteiger partial charge in [0.25, 0.3) is 0 Å². The highest BCUT2D eigenvalue weighted by Crippen LogP contribution is 2.12. The van der Waals surface area contributed by atoms with Gasteiger partial charge in [0, 0.05) is 0 Å². The second kappa shape index (κ2) is 14.7. The predicted octanol–water partition coefficient (Wildman–Crippen LogP) is 3.64. The SMILES string of the molecule is C=CCOCC(COc1ccccc1)OCS(=O)(=O)ON.CC(C)c1ccccc1. The first-order valence-electron chi connectivity index (χ1n) is 9.52. The lowest BCUT2D eigenvalue weighted by Crippen LogP contribution is -2.30. The zero-order valence-corrected chi connectivity index (χ0v) is 18.3. The molecule has 0 aliphatic heterocycles. The minimum absolute atomic E-state index is 0.126. The van der Waals surface area contributed by atoms with Gasteiger partial charge in [-0.3, -0.25) is 0 Å². The van der Waals surface area contributed by atoms with Gasteiger partial charge in [0.15, 0.2) is 5.94 Å². The number of rotatable bonds is 12. The lowest BCUT2D eigenvalue weighted by atomic mass is 10.0. The Balaban J connectivity index is 0.000000414. The van der Waals surface area contributed by atoms with Crippen LogP contribution < -0.4 is 10.6 Å². The van der Waals surface area contributed by atoms with Crippen LogP contribution in [0.3, 0.4) is 0 Å². The van der Waals surface area contributed by atoms with E-state index in [2.05, 4.69) is 54.9 Å². The Morgan fingerprint density at radius 2 is 1.60 bits per heavy atom. The van der Waals surface area contributed by atoms with Crippen molar-refractivity contribution in [1.29, 1.82) is 0 Å². The normalized spacial score (nSPS) is 12.0. The minimum atomic E-state index is -3.90. The molecular formula is C22H31NO6S. The first-order chi connectivity index (χ1) is 14.4. The first-order valence-corrected chi connectivity index (χ1v) is 11.1. The fraction of sp³-hybridized carbons (Fsp3) is 0.364.